The summed E-state index contributed by atoms with van der Waals surface area (Å²) in [6.45, 7) is 8.06. The van der Waals surface area contributed by atoms with Crippen LogP contribution in [0.15, 0.2) is 23.0 Å². The van der Waals surface area contributed by atoms with Crippen molar-refractivity contribution in [1.29, 1.82) is 0 Å². The van der Waals surface area contributed by atoms with Crippen molar-refractivity contribution in [3.63, 3.8) is 0 Å². The zero-order chi connectivity index (χ0) is 16.6. The smallest absolute Gasteiger partial charge is 0.317 e. The maximum Gasteiger partial charge on any atom is 0.317 e. The first-order valence-corrected chi connectivity index (χ1v) is 8.41. The van der Waals surface area contributed by atoms with Crippen LogP contribution in [0.3, 0.4) is 0 Å². The SMILES string of the molecule is CC=Cc1ccc(=O)n2c1C1CC(CN(C(=O)NC(C)C)C1)C2. The van der Waals surface area contributed by atoms with Crippen molar-refractivity contribution in [1.82, 2.24) is 14.8 Å². The Morgan fingerprint density at radius 1 is 1.30 bits per heavy atom. The van der Waals surface area contributed by atoms with E-state index in [0.29, 0.717) is 19.0 Å². The Bertz CT molecular complexity index is 690. The molecule has 1 aromatic rings. The summed E-state index contributed by atoms with van der Waals surface area (Å²) < 4.78 is 1.92. The first-order valence-electron chi connectivity index (χ1n) is 8.41. The highest BCUT2D eigenvalue weighted by molar-refractivity contribution is 5.74. The zero-order valence-electron chi connectivity index (χ0n) is 14.1. The van der Waals surface area contributed by atoms with Gasteiger partial charge in [0, 0.05) is 43.4 Å². The fraction of sp³-hybridized carbons (Fsp3) is 0.556. The van der Waals surface area contributed by atoms with Crippen molar-refractivity contribution in [2.75, 3.05) is 13.1 Å². The van der Waals surface area contributed by atoms with Gasteiger partial charge in [0.2, 0.25) is 0 Å². The third-order valence-electron chi connectivity index (χ3n) is 4.67. The molecule has 1 N–H and O–H groups in total. The van der Waals surface area contributed by atoms with Gasteiger partial charge in [0.25, 0.3) is 5.56 Å². The molecule has 0 aromatic carbocycles. The number of aromatic nitrogens is 1. The number of carbonyl (C=O) groups is 1. The van der Waals surface area contributed by atoms with Crippen molar-refractivity contribution >= 4 is 12.1 Å². The van der Waals surface area contributed by atoms with Gasteiger partial charge >= 0.3 is 6.03 Å². The molecule has 2 aliphatic heterocycles. The van der Waals surface area contributed by atoms with Crippen LogP contribution in [-0.2, 0) is 6.54 Å². The summed E-state index contributed by atoms with van der Waals surface area (Å²) in [4.78, 5) is 26.5. The van der Waals surface area contributed by atoms with Crippen LogP contribution in [0.1, 0.15) is 44.4 Å². The molecule has 1 saturated heterocycles. The van der Waals surface area contributed by atoms with Gasteiger partial charge < -0.3 is 14.8 Å². The van der Waals surface area contributed by atoms with Crippen LogP contribution in [0.25, 0.3) is 6.08 Å². The van der Waals surface area contributed by atoms with Crippen LogP contribution in [0.2, 0.25) is 0 Å². The molecule has 124 valence electrons. The summed E-state index contributed by atoms with van der Waals surface area (Å²) in [7, 11) is 0. The molecular formula is C18H25N3O2. The summed E-state index contributed by atoms with van der Waals surface area (Å²) in [6, 6.07) is 3.71. The van der Waals surface area contributed by atoms with E-state index in [2.05, 4.69) is 11.4 Å². The molecule has 2 aliphatic rings. The number of pyridine rings is 1. The number of hydrogen-bond donors (Lipinski definition) is 1. The number of likely N-dealkylation sites (tertiary alicyclic amines) is 1. The molecule has 0 spiro atoms. The maximum atomic E-state index is 12.4. The van der Waals surface area contributed by atoms with E-state index in [0.717, 1.165) is 24.2 Å². The summed E-state index contributed by atoms with van der Waals surface area (Å²) in [5.74, 6) is 0.596. The van der Waals surface area contributed by atoms with Crippen LogP contribution in [0, 0.1) is 5.92 Å². The number of allylic oxidation sites excluding steroid dienone is 1. The van der Waals surface area contributed by atoms with E-state index in [-0.39, 0.29) is 23.6 Å². The Balaban J connectivity index is 1.94. The summed E-state index contributed by atoms with van der Waals surface area (Å²) in [6.07, 6.45) is 5.11. The normalized spacial score (nSPS) is 23.2. The maximum absolute atomic E-state index is 12.4. The molecule has 5 heteroatoms. The van der Waals surface area contributed by atoms with E-state index in [4.69, 9.17) is 0 Å². The number of piperidine rings is 1. The average Bonchev–Trinajstić information content (AvgIpc) is 2.49. The summed E-state index contributed by atoms with van der Waals surface area (Å²) >= 11 is 0. The molecule has 2 unspecified atom stereocenters. The highest BCUT2D eigenvalue weighted by atomic mass is 16.2. The predicted octanol–water partition coefficient (Wildman–Crippen LogP) is 2.42. The topological polar surface area (TPSA) is 54.3 Å². The van der Waals surface area contributed by atoms with E-state index < -0.39 is 0 Å². The largest absolute Gasteiger partial charge is 0.336 e. The molecule has 2 atom stereocenters. The molecular weight excluding hydrogens is 290 g/mol. The zero-order valence-corrected chi connectivity index (χ0v) is 14.1. The minimum Gasteiger partial charge on any atom is -0.336 e. The first-order chi connectivity index (χ1) is 11.0. The van der Waals surface area contributed by atoms with Crippen molar-refractivity contribution < 1.29 is 4.79 Å². The van der Waals surface area contributed by atoms with Crippen LogP contribution in [0.4, 0.5) is 4.79 Å². The quantitative estimate of drug-likeness (QED) is 0.911. The minimum absolute atomic E-state index is 0.00834. The predicted molar refractivity (Wildman–Crippen MR) is 91.5 cm³/mol. The Labute approximate surface area is 137 Å². The lowest BCUT2D eigenvalue weighted by molar-refractivity contribution is 0.129. The molecule has 3 heterocycles. The minimum atomic E-state index is 0.00834. The molecule has 23 heavy (non-hydrogen) atoms. The molecule has 1 aromatic heterocycles. The van der Waals surface area contributed by atoms with Gasteiger partial charge in [-0.05, 0) is 44.7 Å². The number of carbonyl (C=O) groups excluding carboxylic acids is 1. The highest BCUT2D eigenvalue weighted by Gasteiger charge is 2.37. The van der Waals surface area contributed by atoms with Gasteiger partial charge in [-0.3, -0.25) is 4.79 Å². The van der Waals surface area contributed by atoms with Gasteiger partial charge in [-0.2, -0.15) is 0 Å². The third kappa shape index (κ3) is 3.05. The van der Waals surface area contributed by atoms with Crippen molar-refractivity contribution in [3.8, 4) is 0 Å². The second kappa shape index (κ2) is 6.22. The lowest BCUT2D eigenvalue weighted by Crippen LogP contribution is -2.53. The highest BCUT2D eigenvalue weighted by Crippen LogP contribution is 2.37. The summed E-state index contributed by atoms with van der Waals surface area (Å²) in [5, 5.41) is 2.98. The first kappa shape index (κ1) is 15.8. The van der Waals surface area contributed by atoms with E-state index in [9.17, 15) is 9.59 Å². The van der Waals surface area contributed by atoms with Gasteiger partial charge in [-0.1, -0.05) is 12.2 Å². The second-order valence-electron chi connectivity index (χ2n) is 6.93. The monoisotopic (exact) mass is 315 g/mol. The standard InChI is InChI=1S/C18H25N3O2/c1-4-5-14-6-7-16(22)21-10-13-8-15(17(14)21)11-20(9-13)18(23)19-12(2)3/h4-7,12-13,15H,8-11H2,1-3H3,(H,19,23). The van der Waals surface area contributed by atoms with Gasteiger partial charge in [-0.25, -0.2) is 4.79 Å². The van der Waals surface area contributed by atoms with Crippen LogP contribution in [-0.4, -0.2) is 34.6 Å². The lowest BCUT2D eigenvalue weighted by atomic mass is 9.81. The van der Waals surface area contributed by atoms with Gasteiger partial charge in [-0.15, -0.1) is 0 Å². The number of nitrogens with zero attached hydrogens (tertiary/aromatic N) is 2. The fourth-order valence-corrected chi connectivity index (χ4v) is 3.87. The van der Waals surface area contributed by atoms with Crippen molar-refractivity contribution in [3.05, 3.63) is 39.8 Å². The molecule has 2 amide bonds. The van der Waals surface area contributed by atoms with Crippen molar-refractivity contribution in [2.24, 2.45) is 5.92 Å². The lowest BCUT2D eigenvalue weighted by Gasteiger charge is -2.43. The van der Waals surface area contributed by atoms with E-state index in [1.54, 1.807) is 6.07 Å². The molecule has 0 aliphatic carbocycles. The van der Waals surface area contributed by atoms with Gasteiger partial charge in [0.1, 0.15) is 0 Å². The third-order valence-corrected chi connectivity index (χ3v) is 4.67. The molecule has 3 rings (SSSR count). The second-order valence-corrected chi connectivity index (χ2v) is 6.93. The molecule has 2 bridgehead atoms. The average molecular weight is 315 g/mol. The summed E-state index contributed by atoms with van der Waals surface area (Å²) in [5.41, 5.74) is 2.26. The molecule has 1 fully saturated rings. The molecule has 0 saturated carbocycles. The van der Waals surface area contributed by atoms with Crippen LogP contribution >= 0.6 is 0 Å². The Morgan fingerprint density at radius 3 is 2.78 bits per heavy atom. The Hall–Kier alpha value is -2.04. The number of amides is 2. The Morgan fingerprint density at radius 2 is 2.09 bits per heavy atom. The number of hydrogen-bond acceptors (Lipinski definition) is 2. The van der Waals surface area contributed by atoms with Crippen LogP contribution in [0.5, 0.6) is 0 Å². The van der Waals surface area contributed by atoms with E-state index in [1.165, 1.54) is 0 Å². The van der Waals surface area contributed by atoms with Crippen LogP contribution < -0.4 is 10.9 Å². The number of fused-ring (bicyclic) bond motifs is 4. The van der Waals surface area contributed by atoms with Crippen molar-refractivity contribution in [2.45, 2.75) is 45.7 Å². The number of urea groups is 1. The molecule has 0 radical (unpaired) electrons. The van der Waals surface area contributed by atoms with Gasteiger partial charge in [0.15, 0.2) is 0 Å². The van der Waals surface area contributed by atoms with E-state index in [1.807, 2.05) is 42.4 Å². The molecule has 5 nitrogen and oxygen atoms in total. The number of nitrogens with one attached hydrogen (secondary N) is 1. The Kier molecular flexibility index (Phi) is 4.28. The number of rotatable bonds is 2. The fourth-order valence-electron chi connectivity index (χ4n) is 3.87. The van der Waals surface area contributed by atoms with E-state index >= 15 is 0 Å². The van der Waals surface area contributed by atoms with Gasteiger partial charge in [0.05, 0.1) is 0 Å².